The number of hydrogen-bond acceptors (Lipinski definition) is 5. The zero-order chi connectivity index (χ0) is 15.1. The number of carbonyl (C=O) groups excluding carboxylic acids is 1. The van der Waals surface area contributed by atoms with Crippen LogP contribution < -0.4 is 5.32 Å². The molecule has 1 aromatic carbocycles. The second-order valence-electron chi connectivity index (χ2n) is 3.83. The lowest BCUT2D eigenvalue weighted by molar-refractivity contribution is -0.113. The van der Waals surface area contributed by atoms with Crippen molar-refractivity contribution in [1.82, 2.24) is 4.90 Å². The van der Waals surface area contributed by atoms with Crippen molar-refractivity contribution >= 4 is 63.3 Å². The lowest BCUT2D eigenvalue weighted by atomic mass is 10.3. The normalized spacial score (nSPS) is 9.70. The lowest BCUT2D eigenvalue weighted by Crippen LogP contribution is -2.20. The van der Waals surface area contributed by atoms with Gasteiger partial charge in [0, 0.05) is 19.0 Å². The maximum Gasteiger partial charge on any atom is 0.234 e. The van der Waals surface area contributed by atoms with Crippen LogP contribution in [0.5, 0.6) is 0 Å². The van der Waals surface area contributed by atoms with Gasteiger partial charge in [0.1, 0.15) is 9.72 Å². The predicted molar refractivity (Wildman–Crippen MR) is 90.3 cm³/mol. The molecule has 0 spiro atoms. The molecule has 0 bridgehead atoms. The van der Waals surface area contributed by atoms with Gasteiger partial charge in [0.15, 0.2) is 0 Å². The van der Waals surface area contributed by atoms with Gasteiger partial charge in [-0.05, 0) is 30.0 Å². The van der Waals surface area contributed by atoms with E-state index in [1.54, 1.807) is 23.1 Å². The van der Waals surface area contributed by atoms with E-state index in [9.17, 15) is 4.79 Å². The van der Waals surface area contributed by atoms with Crippen LogP contribution in [0.3, 0.4) is 0 Å². The summed E-state index contributed by atoms with van der Waals surface area (Å²) in [5, 5.41) is 13.6. The Bertz CT molecular complexity index is 557. The molecule has 106 valence electrons. The number of thioether (sulfide) groups is 2. The van der Waals surface area contributed by atoms with E-state index in [4.69, 9.17) is 29.1 Å². The highest BCUT2D eigenvalue weighted by Crippen LogP contribution is 2.27. The summed E-state index contributed by atoms with van der Waals surface area (Å²) in [6.45, 7) is 0. The molecule has 0 unspecified atom stereocenters. The van der Waals surface area contributed by atoms with Crippen LogP contribution in [0.15, 0.2) is 23.1 Å². The summed E-state index contributed by atoms with van der Waals surface area (Å²) in [5.74, 6) is 0.0453. The van der Waals surface area contributed by atoms with Crippen LogP contribution >= 0.6 is 47.3 Å². The van der Waals surface area contributed by atoms with Crippen molar-refractivity contribution in [3.63, 3.8) is 0 Å². The largest absolute Gasteiger partial charge is 0.364 e. The average Bonchev–Trinajstić information content (AvgIpc) is 2.39. The second-order valence-corrected chi connectivity index (χ2v) is 6.71. The predicted octanol–water partition coefficient (Wildman–Crippen LogP) is 3.43. The Kier molecular flexibility index (Phi) is 7.16. The van der Waals surface area contributed by atoms with Crippen molar-refractivity contribution < 1.29 is 4.79 Å². The molecule has 0 aliphatic carbocycles. The summed E-state index contributed by atoms with van der Waals surface area (Å²) < 4.78 is 0.645. The first kappa shape index (κ1) is 17.1. The molecule has 1 aromatic rings. The van der Waals surface area contributed by atoms with Gasteiger partial charge >= 0.3 is 0 Å². The first-order valence-electron chi connectivity index (χ1n) is 5.43. The summed E-state index contributed by atoms with van der Waals surface area (Å²) >= 11 is 13.4. The molecule has 0 aromatic heterocycles. The molecule has 0 fully saturated rings. The van der Waals surface area contributed by atoms with Crippen molar-refractivity contribution in [2.24, 2.45) is 0 Å². The summed E-state index contributed by atoms with van der Waals surface area (Å²) in [6.07, 6.45) is 0. The molecule has 0 aliphatic rings. The molecule has 4 nitrogen and oxygen atoms in total. The molecule has 0 radical (unpaired) electrons. The first-order valence-corrected chi connectivity index (χ1v) is 8.02. The molecule has 0 saturated heterocycles. The highest BCUT2D eigenvalue weighted by Gasteiger charge is 2.09. The van der Waals surface area contributed by atoms with Crippen LogP contribution in [-0.4, -0.2) is 35.0 Å². The number of nitrogens with zero attached hydrogens (tertiary/aromatic N) is 2. The highest BCUT2D eigenvalue weighted by molar-refractivity contribution is 8.23. The van der Waals surface area contributed by atoms with Gasteiger partial charge in [0.2, 0.25) is 5.91 Å². The Morgan fingerprint density at radius 3 is 2.80 bits per heavy atom. The zero-order valence-corrected chi connectivity index (χ0v) is 14.0. The lowest BCUT2D eigenvalue weighted by Gasteiger charge is -2.12. The van der Waals surface area contributed by atoms with Gasteiger partial charge in [-0.1, -0.05) is 35.6 Å². The van der Waals surface area contributed by atoms with Gasteiger partial charge in [-0.15, -0.1) is 0 Å². The van der Waals surface area contributed by atoms with Crippen molar-refractivity contribution in [3.8, 4) is 5.40 Å². The van der Waals surface area contributed by atoms with Crippen molar-refractivity contribution in [2.45, 2.75) is 4.90 Å². The number of thiocyanates is 1. The van der Waals surface area contributed by atoms with Crippen molar-refractivity contribution in [3.05, 3.63) is 23.2 Å². The topological polar surface area (TPSA) is 56.1 Å². The van der Waals surface area contributed by atoms with Gasteiger partial charge in [0.05, 0.1) is 16.5 Å². The molecular weight excluding hydrogens is 334 g/mol. The van der Waals surface area contributed by atoms with E-state index in [0.717, 1.165) is 16.7 Å². The van der Waals surface area contributed by atoms with E-state index in [0.29, 0.717) is 15.0 Å². The number of nitrogens with one attached hydrogen (secondary N) is 1. The van der Waals surface area contributed by atoms with Crippen LogP contribution in [-0.2, 0) is 4.79 Å². The molecule has 0 atom stereocenters. The maximum absolute atomic E-state index is 11.8. The van der Waals surface area contributed by atoms with Crippen molar-refractivity contribution in [2.75, 3.05) is 25.2 Å². The number of thiocarbonyl (C=S) groups is 1. The quantitative estimate of drug-likeness (QED) is 0.512. The third-order valence-electron chi connectivity index (χ3n) is 2.07. The van der Waals surface area contributed by atoms with E-state index in [1.165, 1.54) is 11.8 Å². The number of benzene rings is 1. The zero-order valence-electron chi connectivity index (χ0n) is 10.8. The number of amides is 1. The number of halogens is 1. The summed E-state index contributed by atoms with van der Waals surface area (Å²) in [4.78, 5) is 14.3. The van der Waals surface area contributed by atoms with Gasteiger partial charge in [0.25, 0.3) is 0 Å². The van der Waals surface area contributed by atoms with Crippen LogP contribution in [0.25, 0.3) is 0 Å². The minimum absolute atomic E-state index is 0.179. The van der Waals surface area contributed by atoms with E-state index < -0.39 is 0 Å². The third-order valence-corrected chi connectivity index (χ3v) is 4.70. The molecule has 0 heterocycles. The maximum atomic E-state index is 11.8. The summed E-state index contributed by atoms with van der Waals surface area (Å²) in [6, 6.07) is 5.05. The molecule has 8 heteroatoms. The average molecular weight is 346 g/mol. The standard InChI is InChI=1S/C12H12ClN3OS3/c1-16(2)12(18)19-6-11(17)15-10-4-3-8(20-7-14)5-9(10)13/h3-5H,6H2,1-2H3,(H,15,17). The monoisotopic (exact) mass is 345 g/mol. The second kappa shape index (κ2) is 8.37. The number of nitriles is 1. The molecule has 1 amide bonds. The molecule has 0 aliphatic heterocycles. The minimum Gasteiger partial charge on any atom is -0.364 e. The number of anilines is 1. The van der Waals surface area contributed by atoms with Crippen LogP contribution in [0.1, 0.15) is 0 Å². The molecule has 20 heavy (non-hydrogen) atoms. The fraction of sp³-hybridized carbons (Fsp3) is 0.250. The number of hydrogen-bond donors (Lipinski definition) is 1. The number of carbonyl (C=O) groups is 1. The Morgan fingerprint density at radius 2 is 2.25 bits per heavy atom. The number of rotatable bonds is 4. The van der Waals surface area contributed by atoms with E-state index >= 15 is 0 Å². The first-order chi connectivity index (χ1) is 9.43. The highest BCUT2D eigenvalue weighted by atomic mass is 35.5. The minimum atomic E-state index is -0.179. The van der Waals surface area contributed by atoms with Gasteiger partial charge < -0.3 is 10.2 Å². The van der Waals surface area contributed by atoms with Crippen LogP contribution in [0.2, 0.25) is 5.02 Å². The fourth-order valence-electron chi connectivity index (χ4n) is 1.16. The van der Waals surface area contributed by atoms with Crippen molar-refractivity contribution in [1.29, 1.82) is 5.26 Å². The Hall–Kier alpha value is -0.940. The van der Waals surface area contributed by atoms with Gasteiger partial charge in [-0.3, -0.25) is 4.79 Å². The van der Waals surface area contributed by atoms with E-state index in [2.05, 4.69) is 5.32 Å². The van der Waals surface area contributed by atoms with Gasteiger partial charge in [-0.25, -0.2) is 0 Å². The smallest absolute Gasteiger partial charge is 0.234 e. The van der Waals surface area contributed by atoms with E-state index in [1.807, 2.05) is 19.5 Å². The summed E-state index contributed by atoms with van der Waals surface area (Å²) in [7, 11) is 3.66. The Morgan fingerprint density at radius 1 is 1.55 bits per heavy atom. The van der Waals surface area contributed by atoms with E-state index in [-0.39, 0.29) is 11.7 Å². The van der Waals surface area contributed by atoms with Crippen LogP contribution in [0, 0.1) is 10.7 Å². The molecule has 0 saturated carbocycles. The molecule has 1 rings (SSSR count). The van der Waals surface area contributed by atoms with Gasteiger partial charge in [-0.2, -0.15) is 5.26 Å². The Labute approximate surface area is 136 Å². The van der Waals surface area contributed by atoms with Crippen LogP contribution in [0.4, 0.5) is 5.69 Å². The molecule has 1 N–H and O–H groups in total. The molecular formula is C12H12ClN3OS3. The Balaban J connectivity index is 2.58. The summed E-state index contributed by atoms with van der Waals surface area (Å²) in [5.41, 5.74) is 0.523. The third kappa shape index (κ3) is 5.59. The SMILES string of the molecule is CN(C)C(=S)SCC(=O)Nc1ccc(SC#N)cc1Cl. The fourth-order valence-corrected chi connectivity index (χ4v) is 2.63.